The fraction of sp³-hybridized carbons (Fsp3) is 0.385. The van der Waals surface area contributed by atoms with Gasteiger partial charge in [-0.15, -0.1) is 11.3 Å². The van der Waals surface area contributed by atoms with Crippen molar-refractivity contribution in [3.63, 3.8) is 0 Å². The van der Waals surface area contributed by atoms with Crippen molar-refractivity contribution < 1.29 is 9.53 Å². The summed E-state index contributed by atoms with van der Waals surface area (Å²) in [7, 11) is 0. The summed E-state index contributed by atoms with van der Waals surface area (Å²) in [5.41, 5.74) is 6.28. The Balaban J connectivity index is 1.24. The molecule has 2 aromatic carbocycles. The minimum absolute atomic E-state index is 0.0231. The zero-order chi connectivity index (χ0) is 21.6. The molecule has 0 saturated heterocycles. The van der Waals surface area contributed by atoms with Crippen LogP contribution in [0.25, 0.3) is 11.3 Å². The van der Waals surface area contributed by atoms with E-state index in [1.165, 1.54) is 47.3 Å². The molecule has 0 spiro atoms. The van der Waals surface area contributed by atoms with Crippen LogP contribution in [0.15, 0.2) is 47.8 Å². The van der Waals surface area contributed by atoms with E-state index in [-0.39, 0.29) is 5.91 Å². The summed E-state index contributed by atoms with van der Waals surface area (Å²) >= 11 is 1.48. The second-order valence-electron chi connectivity index (χ2n) is 8.45. The number of carbonyl (C=O) groups excluding carboxylic acids is 1. The van der Waals surface area contributed by atoms with Gasteiger partial charge in [0.25, 0.3) is 0 Å². The molecular formula is C26H30N2O2S. The van der Waals surface area contributed by atoms with Crippen LogP contribution in [0.1, 0.15) is 62.1 Å². The minimum atomic E-state index is -0.0231. The van der Waals surface area contributed by atoms with Crippen LogP contribution in [0, 0.1) is 0 Å². The molecule has 1 heterocycles. The predicted molar refractivity (Wildman–Crippen MR) is 128 cm³/mol. The SMILES string of the molecule is CC(C)c1ccc(OCCCC(=O)Nc2nc(-c3ccc4c(c3)CCCC4)cs2)cc1. The van der Waals surface area contributed by atoms with Gasteiger partial charge in [-0.1, -0.05) is 38.1 Å². The molecule has 3 aromatic rings. The number of thiazole rings is 1. The summed E-state index contributed by atoms with van der Waals surface area (Å²) < 4.78 is 5.76. The van der Waals surface area contributed by atoms with Crippen LogP contribution in [-0.4, -0.2) is 17.5 Å². The summed E-state index contributed by atoms with van der Waals surface area (Å²) in [6.45, 7) is 4.87. The van der Waals surface area contributed by atoms with Crippen molar-refractivity contribution in [1.82, 2.24) is 4.98 Å². The van der Waals surface area contributed by atoms with E-state index in [0.29, 0.717) is 30.5 Å². The van der Waals surface area contributed by atoms with Gasteiger partial charge in [0.15, 0.2) is 5.13 Å². The first kappa shape index (κ1) is 21.6. The summed E-state index contributed by atoms with van der Waals surface area (Å²) in [5.74, 6) is 1.33. The summed E-state index contributed by atoms with van der Waals surface area (Å²) in [5, 5.41) is 5.60. The number of hydrogen-bond acceptors (Lipinski definition) is 4. The maximum Gasteiger partial charge on any atom is 0.226 e. The number of benzene rings is 2. The second kappa shape index (κ2) is 10.1. The van der Waals surface area contributed by atoms with Gasteiger partial charge in [0.1, 0.15) is 5.75 Å². The molecule has 0 unspecified atom stereocenters. The first-order chi connectivity index (χ1) is 15.1. The van der Waals surface area contributed by atoms with E-state index in [9.17, 15) is 4.79 Å². The topological polar surface area (TPSA) is 51.2 Å². The number of fused-ring (bicyclic) bond motifs is 1. The number of nitrogens with zero attached hydrogens (tertiary/aromatic N) is 1. The molecule has 162 valence electrons. The van der Waals surface area contributed by atoms with Crippen molar-refractivity contribution in [3.05, 3.63) is 64.5 Å². The molecule has 0 radical (unpaired) electrons. The van der Waals surface area contributed by atoms with E-state index >= 15 is 0 Å². The first-order valence-corrected chi connectivity index (χ1v) is 12.1. The Hall–Kier alpha value is -2.66. The first-order valence-electron chi connectivity index (χ1n) is 11.2. The number of ether oxygens (including phenoxy) is 1. The monoisotopic (exact) mass is 434 g/mol. The Morgan fingerprint density at radius 1 is 1.10 bits per heavy atom. The molecule has 4 rings (SSSR count). The average molecular weight is 435 g/mol. The number of carbonyl (C=O) groups is 1. The lowest BCUT2D eigenvalue weighted by Crippen LogP contribution is -2.12. The zero-order valence-corrected chi connectivity index (χ0v) is 19.1. The fourth-order valence-corrected chi connectivity index (χ4v) is 4.65. The number of amides is 1. The predicted octanol–water partition coefficient (Wildman–Crippen LogP) is 6.61. The van der Waals surface area contributed by atoms with Crippen molar-refractivity contribution in [1.29, 1.82) is 0 Å². The smallest absolute Gasteiger partial charge is 0.226 e. The van der Waals surface area contributed by atoms with E-state index in [2.05, 4.69) is 54.5 Å². The van der Waals surface area contributed by atoms with Gasteiger partial charge in [-0.2, -0.15) is 0 Å². The van der Waals surface area contributed by atoms with Gasteiger partial charge in [-0.25, -0.2) is 4.98 Å². The highest BCUT2D eigenvalue weighted by Gasteiger charge is 2.13. The standard InChI is InChI=1S/C26H30N2O2S/c1-18(2)19-11-13-23(14-12-19)30-15-5-8-25(29)28-26-27-24(17-31-26)22-10-9-20-6-3-4-7-21(20)16-22/h9-14,16-18H,3-8,15H2,1-2H3,(H,27,28,29). The Bertz CT molecular complexity index is 1020. The quantitative estimate of drug-likeness (QED) is 0.406. The second-order valence-corrected chi connectivity index (χ2v) is 9.31. The van der Waals surface area contributed by atoms with Gasteiger partial charge in [-0.05, 0) is 72.9 Å². The van der Waals surface area contributed by atoms with Crippen LogP contribution >= 0.6 is 11.3 Å². The third-order valence-electron chi connectivity index (χ3n) is 5.76. The molecule has 4 nitrogen and oxygen atoms in total. The van der Waals surface area contributed by atoms with Crippen LogP contribution in [-0.2, 0) is 17.6 Å². The maximum atomic E-state index is 12.3. The summed E-state index contributed by atoms with van der Waals surface area (Å²) in [4.78, 5) is 16.9. The molecule has 1 aliphatic rings. The maximum absolute atomic E-state index is 12.3. The number of hydrogen-bond donors (Lipinski definition) is 1. The van der Waals surface area contributed by atoms with Crippen LogP contribution in [0.2, 0.25) is 0 Å². The Morgan fingerprint density at radius 3 is 2.65 bits per heavy atom. The molecular weight excluding hydrogens is 404 g/mol. The Morgan fingerprint density at radius 2 is 1.87 bits per heavy atom. The third kappa shape index (κ3) is 5.73. The largest absolute Gasteiger partial charge is 0.494 e. The molecule has 1 amide bonds. The van der Waals surface area contributed by atoms with Crippen LogP contribution < -0.4 is 10.1 Å². The third-order valence-corrected chi connectivity index (χ3v) is 6.52. The van der Waals surface area contributed by atoms with Crippen molar-refractivity contribution >= 4 is 22.4 Å². The number of aryl methyl sites for hydroxylation is 2. The van der Waals surface area contributed by atoms with Gasteiger partial charge in [0, 0.05) is 17.4 Å². The number of rotatable bonds is 8. The highest BCUT2D eigenvalue weighted by atomic mass is 32.1. The lowest BCUT2D eigenvalue weighted by molar-refractivity contribution is -0.116. The van der Waals surface area contributed by atoms with Gasteiger partial charge in [0.2, 0.25) is 5.91 Å². The summed E-state index contributed by atoms with van der Waals surface area (Å²) in [6, 6.07) is 14.8. The molecule has 31 heavy (non-hydrogen) atoms. The molecule has 0 atom stereocenters. The lowest BCUT2D eigenvalue weighted by atomic mass is 9.90. The molecule has 1 aliphatic carbocycles. The van der Waals surface area contributed by atoms with Crippen LogP contribution in [0.3, 0.4) is 0 Å². The van der Waals surface area contributed by atoms with E-state index in [1.54, 1.807) is 0 Å². The Kier molecular flexibility index (Phi) is 7.03. The minimum Gasteiger partial charge on any atom is -0.494 e. The average Bonchev–Trinajstić information content (AvgIpc) is 3.25. The molecule has 0 aliphatic heterocycles. The molecule has 1 aromatic heterocycles. The van der Waals surface area contributed by atoms with Gasteiger partial charge < -0.3 is 10.1 Å². The fourth-order valence-electron chi connectivity index (χ4n) is 3.91. The molecule has 0 saturated carbocycles. The Labute approximate surface area is 188 Å². The van der Waals surface area contributed by atoms with Crippen molar-refractivity contribution in [2.75, 3.05) is 11.9 Å². The van der Waals surface area contributed by atoms with E-state index < -0.39 is 0 Å². The molecule has 0 fully saturated rings. The van der Waals surface area contributed by atoms with E-state index in [1.807, 2.05) is 17.5 Å². The van der Waals surface area contributed by atoms with Crippen LogP contribution in [0.5, 0.6) is 5.75 Å². The van der Waals surface area contributed by atoms with E-state index in [0.717, 1.165) is 23.4 Å². The lowest BCUT2D eigenvalue weighted by Gasteiger charge is -2.16. The zero-order valence-electron chi connectivity index (χ0n) is 18.3. The van der Waals surface area contributed by atoms with Gasteiger partial charge in [-0.3, -0.25) is 4.79 Å². The molecule has 1 N–H and O–H groups in total. The van der Waals surface area contributed by atoms with Crippen molar-refractivity contribution in [3.8, 4) is 17.0 Å². The van der Waals surface area contributed by atoms with Gasteiger partial charge >= 0.3 is 0 Å². The molecule has 5 heteroatoms. The highest BCUT2D eigenvalue weighted by molar-refractivity contribution is 7.14. The summed E-state index contributed by atoms with van der Waals surface area (Å²) in [6.07, 6.45) is 5.97. The number of nitrogens with one attached hydrogen (secondary N) is 1. The molecule has 0 bridgehead atoms. The van der Waals surface area contributed by atoms with Crippen molar-refractivity contribution in [2.24, 2.45) is 0 Å². The van der Waals surface area contributed by atoms with Crippen LogP contribution in [0.4, 0.5) is 5.13 Å². The number of aromatic nitrogens is 1. The highest BCUT2D eigenvalue weighted by Crippen LogP contribution is 2.29. The normalized spacial score (nSPS) is 13.1. The van der Waals surface area contributed by atoms with Crippen molar-refractivity contribution in [2.45, 2.75) is 58.3 Å². The number of anilines is 1. The van der Waals surface area contributed by atoms with E-state index in [4.69, 9.17) is 4.74 Å². The van der Waals surface area contributed by atoms with Gasteiger partial charge in [0.05, 0.1) is 12.3 Å².